The monoisotopic (exact) mass is 509 g/mol. The molecule has 0 fully saturated rings. The lowest BCUT2D eigenvalue weighted by molar-refractivity contribution is 0.0635. The van der Waals surface area contributed by atoms with Crippen molar-refractivity contribution in [3.05, 3.63) is 71.5 Å². The van der Waals surface area contributed by atoms with Crippen LogP contribution in [-0.2, 0) is 4.74 Å². The Morgan fingerprint density at radius 2 is 1.69 bits per heavy atom. The molecule has 0 radical (unpaired) electrons. The smallest absolute Gasteiger partial charge is 0.412 e. The summed E-state index contributed by atoms with van der Waals surface area (Å²) in [4.78, 5) is 32.3. The van der Waals surface area contributed by atoms with Crippen molar-refractivity contribution in [2.24, 2.45) is 0 Å². The molecule has 4 rings (SSSR count). The number of carbonyl (C=O) groups is 2. The largest absolute Gasteiger partial charge is 0.444 e. The van der Waals surface area contributed by atoms with Crippen molar-refractivity contribution < 1.29 is 18.7 Å². The number of hydrogen-bond donors (Lipinski definition) is 2. The highest BCUT2D eigenvalue weighted by Gasteiger charge is 2.19. The Morgan fingerprint density at radius 3 is 2.37 bits per heavy atom. The first-order valence-corrected chi connectivity index (χ1v) is 12.8. The number of fused-ring (bicyclic) bond motifs is 1. The normalized spacial score (nSPS) is 11.3. The van der Waals surface area contributed by atoms with Gasteiger partial charge in [-0.05, 0) is 74.6 Å². The van der Waals surface area contributed by atoms with Crippen LogP contribution >= 0.6 is 23.1 Å². The molecule has 0 unspecified atom stereocenters. The maximum atomic E-state index is 13.4. The third-order valence-corrected chi connectivity index (χ3v) is 6.64. The van der Waals surface area contributed by atoms with Gasteiger partial charge in [0.15, 0.2) is 0 Å². The van der Waals surface area contributed by atoms with Crippen LogP contribution in [0, 0.1) is 5.82 Å². The predicted octanol–water partition coefficient (Wildman–Crippen LogP) is 7.42. The van der Waals surface area contributed by atoms with E-state index in [-0.39, 0.29) is 11.7 Å². The van der Waals surface area contributed by atoms with Gasteiger partial charge >= 0.3 is 6.09 Å². The number of nitrogens with one attached hydrogen (secondary N) is 2. The summed E-state index contributed by atoms with van der Waals surface area (Å²) in [6.07, 6.45) is 3.11. The highest BCUT2D eigenvalue weighted by atomic mass is 32.2. The molecule has 0 saturated carbocycles. The van der Waals surface area contributed by atoms with Crippen molar-refractivity contribution >= 4 is 56.7 Å². The van der Waals surface area contributed by atoms with Crippen molar-refractivity contribution in [1.29, 1.82) is 0 Å². The van der Waals surface area contributed by atoms with Crippen LogP contribution in [0.2, 0.25) is 0 Å². The molecule has 2 heterocycles. The lowest BCUT2D eigenvalue weighted by atomic mass is 10.0. The van der Waals surface area contributed by atoms with Crippen LogP contribution in [0.1, 0.15) is 30.4 Å². The highest BCUT2D eigenvalue weighted by molar-refractivity contribution is 7.98. The van der Waals surface area contributed by atoms with Crippen LogP contribution in [0.25, 0.3) is 21.3 Å². The Kier molecular flexibility index (Phi) is 7.09. The zero-order valence-electron chi connectivity index (χ0n) is 19.6. The van der Waals surface area contributed by atoms with Gasteiger partial charge in [-0.2, -0.15) is 0 Å². The number of hydrogen-bond acceptors (Lipinski definition) is 6. The SMILES string of the molecule is CSc1cnc2sc(C(=O)Nc3cc(-c4ccc(F)cc4)ccc3NC(=O)OC(C)(C)C)cc2c1. The molecule has 0 spiro atoms. The molecule has 2 amide bonds. The average molecular weight is 510 g/mol. The summed E-state index contributed by atoms with van der Waals surface area (Å²) < 4.78 is 18.8. The van der Waals surface area contributed by atoms with Crippen LogP contribution in [-0.4, -0.2) is 28.8 Å². The zero-order chi connectivity index (χ0) is 25.2. The second kappa shape index (κ2) is 10.1. The molecule has 9 heteroatoms. The Labute approximate surface area is 210 Å². The first kappa shape index (κ1) is 24.7. The number of benzene rings is 2. The number of ether oxygens (including phenoxy) is 1. The lowest BCUT2D eigenvalue weighted by Gasteiger charge is -2.21. The van der Waals surface area contributed by atoms with E-state index in [1.54, 1.807) is 75.1 Å². The number of nitrogens with zero attached hydrogens (tertiary/aromatic N) is 1. The number of aromatic nitrogens is 1. The molecular formula is C26H24FN3O3S2. The number of carbonyl (C=O) groups excluding carboxylic acids is 2. The summed E-state index contributed by atoms with van der Waals surface area (Å²) in [5.74, 6) is -0.671. The van der Waals surface area contributed by atoms with Gasteiger partial charge in [-0.3, -0.25) is 10.1 Å². The molecule has 4 aromatic rings. The standard InChI is InChI=1S/C26H24FN3O3S2/c1-26(2,3)33-25(32)30-20-10-7-16(15-5-8-18(27)9-6-15)12-21(20)29-23(31)22-13-17-11-19(34-4)14-28-24(17)35-22/h5-14H,1-4H3,(H,29,31)(H,30,32). The maximum Gasteiger partial charge on any atom is 0.412 e. The molecule has 0 atom stereocenters. The molecule has 0 aliphatic carbocycles. The van der Waals surface area contributed by atoms with E-state index in [2.05, 4.69) is 15.6 Å². The van der Waals surface area contributed by atoms with Crippen molar-refractivity contribution in [1.82, 2.24) is 4.98 Å². The first-order chi connectivity index (χ1) is 16.6. The van der Waals surface area contributed by atoms with Gasteiger partial charge in [-0.25, -0.2) is 14.2 Å². The van der Waals surface area contributed by atoms with Crippen LogP contribution in [0.5, 0.6) is 0 Å². The Hall–Kier alpha value is -3.43. The van der Waals surface area contributed by atoms with E-state index in [4.69, 9.17) is 4.74 Å². The van der Waals surface area contributed by atoms with Crippen LogP contribution in [0.15, 0.2) is 65.7 Å². The van der Waals surface area contributed by atoms with Crippen LogP contribution in [0.3, 0.4) is 0 Å². The Bertz CT molecular complexity index is 1400. The summed E-state index contributed by atoms with van der Waals surface area (Å²) in [5, 5.41) is 6.49. The summed E-state index contributed by atoms with van der Waals surface area (Å²) in [5.41, 5.74) is 1.60. The number of amides is 2. The molecule has 180 valence electrons. The van der Waals surface area contributed by atoms with E-state index >= 15 is 0 Å². The fraction of sp³-hybridized carbons (Fsp3) is 0.192. The number of thioether (sulfide) groups is 1. The first-order valence-electron chi connectivity index (χ1n) is 10.8. The third-order valence-electron chi connectivity index (χ3n) is 4.89. The molecule has 0 saturated heterocycles. The van der Waals surface area contributed by atoms with E-state index < -0.39 is 11.7 Å². The van der Waals surface area contributed by atoms with E-state index in [0.717, 1.165) is 26.2 Å². The minimum Gasteiger partial charge on any atom is -0.444 e. The summed E-state index contributed by atoms with van der Waals surface area (Å²) in [7, 11) is 0. The molecule has 6 nitrogen and oxygen atoms in total. The highest BCUT2D eigenvalue weighted by Crippen LogP contribution is 2.32. The molecule has 0 aliphatic heterocycles. The maximum absolute atomic E-state index is 13.4. The van der Waals surface area contributed by atoms with Crippen LogP contribution < -0.4 is 10.6 Å². The number of rotatable bonds is 5. The van der Waals surface area contributed by atoms with Gasteiger partial charge in [0.25, 0.3) is 5.91 Å². The Morgan fingerprint density at radius 1 is 0.971 bits per heavy atom. The van der Waals surface area contributed by atoms with E-state index in [1.165, 1.54) is 23.5 Å². The fourth-order valence-corrected chi connectivity index (χ4v) is 4.59. The summed E-state index contributed by atoms with van der Waals surface area (Å²) >= 11 is 2.87. The van der Waals surface area contributed by atoms with Gasteiger partial charge in [0, 0.05) is 16.5 Å². The van der Waals surface area contributed by atoms with Crippen LogP contribution in [0.4, 0.5) is 20.6 Å². The fourth-order valence-electron chi connectivity index (χ4n) is 3.31. The van der Waals surface area contributed by atoms with E-state index in [0.29, 0.717) is 16.3 Å². The topological polar surface area (TPSA) is 80.3 Å². The summed E-state index contributed by atoms with van der Waals surface area (Å²) in [6.45, 7) is 5.31. The second-order valence-corrected chi connectivity index (χ2v) is 10.6. The predicted molar refractivity (Wildman–Crippen MR) is 141 cm³/mol. The van der Waals surface area contributed by atoms with Gasteiger partial charge in [0.1, 0.15) is 16.2 Å². The van der Waals surface area contributed by atoms with Gasteiger partial charge in [-0.1, -0.05) is 18.2 Å². The van der Waals surface area contributed by atoms with E-state index in [1.807, 2.05) is 12.3 Å². The lowest BCUT2D eigenvalue weighted by Crippen LogP contribution is -2.27. The Balaban J connectivity index is 1.66. The molecule has 2 aromatic heterocycles. The van der Waals surface area contributed by atoms with Crippen molar-refractivity contribution in [3.63, 3.8) is 0 Å². The molecule has 2 N–H and O–H groups in total. The number of halogens is 1. The molecule has 35 heavy (non-hydrogen) atoms. The van der Waals surface area contributed by atoms with Gasteiger partial charge in [-0.15, -0.1) is 23.1 Å². The van der Waals surface area contributed by atoms with Crippen molar-refractivity contribution in [2.45, 2.75) is 31.3 Å². The van der Waals surface area contributed by atoms with Gasteiger partial charge in [0.2, 0.25) is 0 Å². The molecule has 0 bridgehead atoms. The third kappa shape index (κ3) is 6.17. The average Bonchev–Trinajstić information content (AvgIpc) is 3.23. The molecular weight excluding hydrogens is 485 g/mol. The number of thiophene rings is 1. The zero-order valence-corrected chi connectivity index (χ0v) is 21.3. The molecule has 2 aromatic carbocycles. The minimum absolute atomic E-state index is 0.331. The second-order valence-electron chi connectivity index (χ2n) is 8.73. The van der Waals surface area contributed by atoms with Crippen molar-refractivity contribution in [2.75, 3.05) is 16.9 Å². The number of pyridine rings is 1. The molecule has 0 aliphatic rings. The van der Waals surface area contributed by atoms with Gasteiger partial charge < -0.3 is 10.1 Å². The summed E-state index contributed by atoms with van der Waals surface area (Å²) in [6, 6.07) is 15.0. The van der Waals surface area contributed by atoms with Gasteiger partial charge in [0.05, 0.1) is 16.3 Å². The minimum atomic E-state index is -0.679. The quantitative estimate of drug-likeness (QED) is 0.274. The number of anilines is 2. The van der Waals surface area contributed by atoms with Crippen molar-refractivity contribution in [3.8, 4) is 11.1 Å². The van der Waals surface area contributed by atoms with E-state index in [9.17, 15) is 14.0 Å².